The van der Waals surface area contributed by atoms with Crippen LogP contribution in [0.3, 0.4) is 0 Å². The van der Waals surface area contributed by atoms with Gasteiger partial charge in [-0.25, -0.2) is 8.42 Å². The van der Waals surface area contributed by atoms with Crippen molar-refractivity contribution in [2.24, 2.45) is 0 Å². The molecule has 7 heteroatoms. The first-order valence-electron chi connectivity index (χ1n) is 4.38. The van der Waals surface area contributed by atoms with Crippen molar-refractivity contribution in [3.8, 4) is 0 Å². The van der Waals surface area contributed by atoms with Gasteiger partial charge in [-0.3, -0.25) is 4.68 Å². The zero-order valence-electron chi connectivity index (χ0n) is 8.77. The van der Waals surface area contributed by atoms with Crippen molar-refractivity contribution in [2.45, 2.75) is 31.4 Å². The highest BCUT2D eigenvalue weighted by atomic mass is 35.7. The smallest absolute Gasteiger partial charge is 0.264 e. The summed E-state index contributed by atoms with van der Waals surface area (Å²) in [4.78, 5) is 0.0136. The fraction of sp³-hybridized carbons (Fsp3) is 0.625. The van der Waals surface area contributed by atoms with Crippen LogP contribution in [0.5, 0.6) is 0 Å². The number of methoxy groups -OCH3 is 1. The Morgan fingerprint density at radius 3 is 2.60 bits per heavy atom. The molecule has 15 heavy (non-hydrogen) atoms. The lowest BCUT2D eigenvalue weighted by Gasteiger charge is -2.10. The van der Waals surface area contributed by atoms with Crippen LogP contribution in [0.25, 0.3) is 0 Å². The van der Waals surface area contributed by atoms with E-state index in [9.17, 15) is 8.42 Å². The molecule has 0 aliphatic carbocycles. The summed E-state index contributed by atoms with van der Waals surface area (Å²) in [6.45, 7) is 3.97. The van der Waals surface area contributed by atoms with E-state index in [4.69, 9.17) is 15.4 Å². The van der Waals surface area contributed by atoms with E-state index in [-0.39, 0.29) is 17.5 Å². The van der Waals surface area contributed by atoms with Crippen LogP contribution in [-0.4, -0.2) is 25.3 Å². The largest absolute Gasteiger partial charge is 0.378 e. The van der Waals surface area contributed by atoms with Gasteiger partial charge in [0.2, 0.25) is 0 Å². The molecule has 0 aliphatic rings. The van der Waals surface area contributed by atoms with Gasteiger partial charge < -0.3 is 4.74 Å². The van der Waals surface area contributed by atoms with E-state index in [0.717, 1.165) is 0 Å². The monoisotopic (exact) mass is 252 g/mol. The maximum atomic E-state index is 11.2. The lowest BCUT2D eigenvalue weighted by molar-refractivity contribution is 0.172. The highest BCUT2D eigenvalue weighted by Crippen LogP contribution is 2.22. The maximum absolute atomic E-state index is 11.2. The zero-order valence-corrected chi connectivity index (χ0v) is 10.3. The molecule has 0 atom stereocenters. The first kappa shape index (κ1) is 12.5. The topological polar surface area (TPSA) is 61.2 Å². The van der Waals surface area contributed by atoms with Crippen LogP contribution in [0.1, 0.15) is 25.6 Å². The summed E-state index contributed by atoms with van der Waals surface area (Å²) >= 11 is 0. The number of hydrogen-bond acceptors (Lipinski definition) is 4. The van der Waals surface area contributed by atoms with Gasteiger partial charge in [0, 0.05) is 23.8 Å². The van der Waals surface area contributed by atoms with Crippen molar-refractivity contribution in [3.05, 3.63) is 11.9 Å². The van der Waals surface area contributed by atoms with E-state index < -0.39 is 9.05 Å². The van der Waals surface area contributed by atoms with Crippen LogP contribution >= 0.6 is 10.7 Å². The summed E-state index contributed by atoms with van der Waals surface area (Å²) < 4.78 is 29.0. The standard InChI is InChI=1S/C8H13ClN2O3S/c1-6(2)11-7(5-14-3)8(4-10-11)15(9,12)13/h4,6H,5H2,1-3H3. The van der Waals surface area contributed by atoms with Crippen molar-refractivity contribution in [2.75, 3.05) is 7.11 Å². The van der Waals surface area contributed by atoms with Crippen molar-refractivity contribution in [3.63, 3.8) is 0 Å². The Labute approximate surface area is 93.4 Å². The predicted molar refractivity (Wildman–Crippen MR) is 56.4 cm³/mol. The first-order valence-corrected chi connectivity index (χ1v) is 6.68. The molecule has 1 aromatic heterocycles. The van der Waals surface area contributed by atoms with Gasteiger partial charge in [-0.05, 0) is 13.8 Å². The minimum atomic E-state index is -3.76. The number of halogens is 1. The molecule has 0 spiro atoms. The molecule has 1 heterocycles. The Morgan fingerprint density at radius 2 is 2.20 bits per heavy atom. The molecule has 0 fully saturated rings. The summed E-state index contributed by atoms with van der Waals surface area (Å²) in [5, 5.41) is 3.97. The normalized spacial score (nSPS) is 12.3. The van der Waals surface area contributed by atoms with E-state index >= 15 is 0 Å². The third-order valence-corrected chi connectivity index (χ3v) is 3.26. The quantitative estimate of drug-likeness (QED) is 0.763. The molecule has 0 N–H and O–H groups in total. The van der Waals surface area contributed by atoms with Crippen molar-refractivity contribution < 1.29 is 13.2 Å². The van der Waals surface area contributed by atoms with E-state index in [1.165, 1.54) is 13.3 Å². The number of rotatable bonds is 4. The van der Waals surface area contributed by atoms with Gasteiger partial charge in [0.1, 0.15) is 4.90 Å². The molecule has 1 aromatic rings. The minimum Gasteiger partial charge on any atom is -0.378 e. The van der Waals surface area contributed by atoms with Gasteiger partial charge in [0.05, 0.1) is 18.5 Å². The van der Waals surface area contributed by atoms with Gasteiger partial charge >= 0.3 is 0 Å². The molecule has 0 amide bonds. The molecule has 0 unspecified atom stereocenters. The molecular weight excluding hydrogens is 240 g/mol. The zero-order chi connectivity index (χ0) is 11.6. The number of ether oxygens (including phenoxy) is 1. The summed E-state index contributed by atoms with van der Waals surface area (Å²) in [5.74, 6) is 0. The molecular formula is C8H13ClN2O3S. The van der Waals surface area contributed by atoms with Gasteiger partial charge in [-0.15, -0.1) is 0 Å². The summed E-state index contributed by atoms with van der Waals surface area (Å²) in [5.41, 5.74) is 0.475. The number of aromatic nitrogens is 2. The molecule has 86 valence electrons. The van der Waals surface area contributed by atoms with Crippen LogP contribution in [0.15, 0.2) is 11.1 Å². The maximum Gasteiger partial charge on any atom is 0.264 e. The van der Waals surface area contributed by atoms with E-state index in [1.54, 1.807) is 4.68 Å². The van der Waals surface area contributed by atoms with Crippen LogP contribution in [0, 0.1) is 0 Å². The van der Waals surface area contributed by atoms with E-state index in [1.807, 2.05) is 13.8 Å². The average molecular weight is 253 g/mol. The second-order valence-electron chi connectivity index (χ2n) is 3.36. The van der Waals surface area contributed by atoms with Gasteiger partial charge in [-0.1, -0.05) is 0 Å². The van der Waals surface area contributed by atoms with Crippen LogP contribution in [0.4, 0.5) is 0 Å². The van der Waals surface area contributed by atoms with Crippen LogP contribution in [-0.2, 0) is 20.4 Å². The molecule has 0 aliphatic heterocycles. The molecule has 1 rings (SSSR count). The van der Waals surface area contributed by atoms with Crippen LogP contribution < -0.4 is 0 Å². The summed E-state index contributed by atoms with van der Waals surface area (Å²) in [6, 6.07) is 0.0577. The molecule has 0 aromatic carbocycles. The SMILES string of the molecule is COCc1c(S(=O)(=O)Cl)cnn1C(C)C. The Hall–Kier alpha value is -0.590. The Balaban J connectivity index is 3.30. The molecule has 0 bridgehead atoms. The van der Waals surface area contributed by atoms with Crippen LogP contribution in [0.2, 0.25) is 0 Å². The first-order chi connectivity index (χ1) is 6.88. The van der Waals surface area contributed by atoms with Crippen molar-refractivity contribution in [1.82, 2.24) is 9.78 Å². The number of hydrogen-bond donors (Lipinski definition) is 0. The summed E-state index contributed by atoms with van der Waals surface area (Å²) in [6.07, 6.45) is 1.25. The molecule has 5 nitrogen and oxygen atoms in total. The Morgan fingerprint density at radius 1 is 1.60 bits per heavy atom. The van der Waals surface area contributed by atoms with Gasteiger partial charge in [-0.2, -0.15) is 5.10 Å². The molecule has 0 saturated heterocycles. The minimum absolute atomic E-state index is 0.0136. The third-order valence-electron chi connectivity index (χ3n) is 1.89. The molecule has 0 saturated carbocycles. The van der Waals surface area contributed by atoms with Crippen molar-refractivity contribution >= 4 is 19.7 Å². The highest BCUT2D eigenvalue weighted by Gasteiger charge is 2.21. The second-order valence-corrected chi connectivity index (χ2v) is 5.90. The summed E-state index contributed by atoms with van der Waals surface area (Å²) in [7, 11) is 3.01. The van der Waals surface area contributed by atoms with Crippen molar-refractivity contribution in [1.29, 1.82) is 0 Å². The molecule has 0 radical (unpaired) electrons. The third kappa shape index (κ3) is 2.70. The second kappa shape index (κ2) is 4.51. The fourth-order valence-electron chi connectivity index (χ4n) is 1.29. The van der Waals surface area contributed by atoms with Gasteiger partial charge in [0.25, 0.3) is 9.05 Å². The average Bonchev–Trinajstić information content (AvgIpc) is 2.47. The van der Waals surface area contributed by atoms with Gasteiger partial charge in [0.15, 0.2) is 0 Å². The Kier molecular flexibility index (Phi) is 3.75. The highest BCUT2D eigenvalue weighted by molar-refractivity contribution is 8.13. The predicted octanol–water partition coefficient (Wildman–Crippen LogP) is 1.54. The lowest BCUT2D eigenvalue weighted by Crippen LogP contribution is -2.10. The Bertz CT molecular complexity index is 439. The van der Waals surface area contributed by atoms with E-state index in [2.05, 4.69) is 5.10 Å². The fourth-order valence-corrected chi connectivity index (χ4v) is 2.29. The number of nitrogens with zero attached hydrogens (tertiary/aromatic N) is 2. The lowest BCUT2D eigenvalue weighted by atomic mass is 10.3. The van der Waals surface area contributed by atoms with E-state index in [0.29, 0.717) is 5.69 Å².